The zero-order chi connectivity index (χ0) is 21.0. The Hall–Kier alpha value is -3.08. The second-order valence-corrected chi connectivity index (χ2v) is 7.17. The zero-order valence-electron chi connectivity index (χ0n) is 17.1. The van der Waals surface area contributed by atoms with Gasteiger partial charge in [-0.2, -0.15) is 0 Å². The fourth-order valence-electron chi connectivity index (χ4n) is 3.69. The minimum atomic E-state index is -0.640. The average molecular weight is 393 g/mol. The van der Waals surface area contributed by atoms with E-state index in [1.807, 2.05) is 51.1 Å². The van der Waals surface area contributed by atoms with Crippen LogP contribution in [-0.4, -0.2) is 34.8 Å². The monoisotopic (exact) mass is 393 g/mol. The molecule has 1 aliphatic rings. The topological polar surface area (TPSA) is 66.8 Å². The summed E-state index contributed by atoms with van der Waals surface area (Å²) < 4.78 is 5.56. The molecule has 1 unspecified atom stereocenters. The van der Waals surface area contributed by atoms with E-state index in [-0.39, 0.29) is 11.3 Å². The second kappa shape index (κ2) is 8.95. The van der Waals surface area contributed by atoms with Gasteiger partial charge in [0.2, 0.25) is 0 Å². The van der Waals surface area contributed by atoms with Crippen molar-refractivity contribution in [3.8, 4) is 5.75 Å². The van der Waals surface area contributed by atoms with Crippen molar-refractivity contribution in [1.82, 2.24) is 4.90 Å². The summed E-state index contributed by atoms with van der Waals surface area (Å²) in [5, 5.41) is 11.1. The van der Waals surface area contributed by atoms with Gasteiger partial charge in [0.05, 0.1) is 18.2 Å². The fourth-order valence-corrected chi connectivity index (χ4v) is 3.69. The smallest absolute Gasteiger partial charge is 0.295 e. The van der Waals surface area contributed by atoms with Crippen LogP contribution in [0.1, 0.15) is 49.4 Å². The number of unbranched alkanes of at least 4 members (excludes halogenated alkanes) is 1. The minimum Gasteiger partial charge on any atom is -0.507 e. The van der Waals surface area contributed by atoms with Crippen LogP contribution in [0.15, 0.2) is 54.1 Å². The van der Waals surface area contributed by atoms with Crippen molar-refractivity contribution in [2.75, 3.05) is 13.2 Å². The molecule has 152 valence electrons. The van der Waals surface area contributed by atoms with Crippen molar-refractivity contribution >= 4 is 17.4 Å². The highest BCUT2D eigenvalue weighted by Crippen LogP contribution is 2.39. The Morgan fingerprint density at radius 1 is 1.10 bits per heavy atom. The van der Waals surface area contributed by atoms with Gasteiger partial charge in [-0.1, -0.05) is 43.7 Å². The van der Waals surface area contributed by atoms with Crippen LogP contribution < -0.4 is 4.74 Å². The summed E-state index contributed by atoms with van der Waals surface area (Å²) >= 11 is 0. The number of Topliss-reactive ketones (excluding diaryl/α,β-unsaturated/α-hetero) is 1. The molecule has 1 heterocycles. The van der Waals surface area contributed by atoms with Gasteiger partial charge >= 0.3 is 0 Å². The quantitative estimate of drug-likeness (QED) is 0.424. The van der Waals surface area contributed by atoms with Gasteiger partial charge in [0.15, 0.2) is 0 Å². The van der Waals surface area contributed by atoms with Crippen LogP contribution in [-0.2, 0) is 9.59 Å². The van der Waals surface area contributed by atoms with E-state index in [9.17, 15) is 14.7 Å². The van der Waals surface area contributed by atoms with Crippen molar-refractivity contribution < 1.29 is 19.4 Å². The number of aliphatic hydroxyl groups excluding tert-OH is 1. The molecule has 0 bridgehead atoms. The van der Waals surface area contributed by atoms with Crippen molar-refractivity contribution in [3.05, 3.63) is 70.8 Å². The molecule has 5 nitrogen and oxygen atoms in total. The first-order chi connectivity index (χ1) is 14.0. The molecular formula is C24H27NO4. The molecule has 1 N–H and O–H groups in total. The van der Waals surface area contributed by atoms with Crippen LogP contribution in [0.25, 0.3) is 5.76 Å². The zero-order valence-corrected chi connectivity index (χ0v) is 17.1. The van der Waals surface area contributed by atoms with E-state index >= 15 is 0 Å². The molecule has 1 fully saturated rings. The number of amides is 1. The predicted octanol–water partition coefficient (Wildman–Crippen LogP) is 4.62. The lowest BCUT2D eigenvalue weighted by molar-refractivity contribution is -0.139. The average Bonchev–Trinajstić information content (AvgIpc) is 2.98. The maximum Gasteiger partial charge on any atom is 0.295 e. The second-order valence-electron chi connectivity index (χ2n) is 7.17. The maximum atomic E-state index is 12.9. The van der Waals surface area contributed by atoms with E-state index in [0.717, 1.165) is 29.7 Å². The summed E-state index contributed by atoms with van der Waals surface area (Å²) in [5.41, 5.74) is 2.31. The Balaban J connectivity index is 2.12. The Morgan fingerprint density at radius 3 is 2.45 bits per heavy atom. The van der Waals surface area contributed by atoms with Crippen LogP contribution in [0.5, 0.6) is 5.75 Å². The number of rotatable bonds is 7. The summed E-state index contributed by atoms with van der Waals surface area (Å²) in [4.78, 5) is 27.2. The van der Waals surface area contributed by atoms with Crippen molar-refractivity contribution in [3.63, 3.8) is 0 Å². The first-order valence-electron chi connectivity index (χ1n) is 10.1. The first-order valence-corrected chi connectivity index (χ1v) is 10.1. The third-order valence-electron chi connectivity index (χ3n) is 5.16. The molecule has 29 heavy (non-hydrogen) atoms. The molecule has 3 rings (SSSR count). The number of likely N-dealkylation sites (tertiary alicyclic amines) is 1. The number of benzene rings is 2. The lowest BCUT2D eigenvalue weighted by Crippen LogP contribution is -2.30. The maximum absolute atomic E-state index is 12.9. The number of aryl methyl sites for hydroxylation is 1. The highest BCUT2D eigenvalue weighted by atomic mass is 16.5. The number of nitrogens with zero attached hydrogens (tertiary/aromatic N) is 1. The number of carbonyl (C=O) groups is 2. The van der Waals surface area contributed by atoms with Crippen LogP contribution in [0.4, 0.5) is 0 Å². The Labute approximate surface area is 171 Å². The molecule has 1 atom stereocenters. The number of ether oxygens (including phenoxy) is 1. The summed E-state index contributed by atoms with van der Waals surface area (Å²) in [6.07, 6.45) is 1.70. The minimum absolute atomic E-state index is 0.140. The van der Waals surface area contributed by atoms with Gasteiger partial charge in [-0.15, -0.1) is 0 Å². The van der Waals surface area contributed by atoms with E-state index < -0.39 is 17.7 Å². The van der Waals surface area contributed by atoms with E-state index in [0.29, 0.717) is 18.7 Å². The largest absolute Gasteiger partial charge is 0.507 e. The standard InChI is InChI=1S/C24H27NO4/c1-4-6-14-25-21(17-10-8-7-9-11-17)20(23(27)24(25)28)22(26)18-12-13-19(29-5-2)16(3)15-18/h7-13,15,21,26H,4-6,14H2,1-3H3/b22-20-. The fraction of sp³-hybridized carbons (Fsp3) is 0.333. The van der Waals surface area contributed by atoms with Crippen LogP contribution in [0.2, 0.25) is 0 Å². The SMILES string of the molecule is CCCCN1C(=O)C(=O)/C(=C(\O)c2ccc(OCC)c(C)c2)C1c1ccccc1. The molecule has 0 radical (unpaired) electrons. The number of hydrogen-bond acceptors (Lipinski definition) is 4. The van der Waals surface area contributed by atoms with Crippen LogP contribution >= 0.6 is 0 Å². The van der Waals surface area contributed by atoms with Gasteiger partial charge in [-0.05, 0) is 49.6 Å². The first kappa shape index (κ1) is 20.6. The lowest BCUT2D eigenvalue weighted by atomic mass is 9.94. The van der Waals surface area contributed by atoms with Crippen LogP contribution in [0.3, 0.4) is 0 Å². The number of carbonyl (C=O) groups excluding carboxylic acids is 2. The Bertz CT molecular complexity index is 933. The molecule has 2 aromatic carbocycles. The molecule has 0 spiro atoms. The number of aliphatic hydroxyl groups is 1. The van der Waals surface area contributed by atoms with Crippen molar-refractivity contribution in [2.24, 2.45) is 0 Å². The normalized spacial score (nSPS) is 18.3. The third-order valence-corrected chi connectivity index (χ3v) is 5.16. The molecule has 2 aromatic rings. The molecule has 1 aliphatic heterocycles. The highest BCUT2D eigenvalue weighted by Gasteiger charge is 2.45. The van der Waals surface area contributed by atoms with E-state index in [4.69, 9.17) is 4.74 Å². The van der Waals surface area contributed by atoms with Gasteiger partial charge < -0.3 is 14.7 Å². The molecule has 1 saturated heterocycles. The van der Waals surface area contributed by atoms with E-state index in [2.05, 4.69) is 0 Å². The van der Waals surface area contributed by atoms with Crippen molar-refractivity contribution in [1.29, 1.82) is 0 Å². The number of ketones is 1. The number of hydrogen-bond donors (Lipinski definition) is 1. The summed E-state index contributed by atoms with van der Waals surface area (Å²) in [7, 11) is 0. The summed E-state index contributed by atoms with van der Waals surface area (Å²) in [5.74, 6) is -0.620. The predicted molar refractivity (Wildman–Crippen MR) is 113 cm³/mol. The molecule has 5 heteroatoms. The molecule has 0 aliphatic carbocycles. The van der Waals surface area contributed by atoms with Gasteiger partial charge in [0, 0.05) is 12.1 Å². The molecule has 0 aromatic heterocycles. The third kappa shape index (κ3) is 4.04. The van der Waals surface area contributed by atoms with E-state index in [1.165, 1.54) is 0 Å². The van der Waals surface area contributed by atoms with E-state index in [1.54, 1.807) is 23.1 Å². The van der Waals surface area contributed by atoms with Gasteiger partial charge in [-0.25, -0.2) is 0 Å². The molecular weight excluding hydrogens is 366 g/mol. The Morgan fingerprint density at radius 2 is 1.83 bits per heavy atom. The van der Waals surface area contributed by atoms with Gasteiger partial charge in [0.1, 0.15) is 11.5 Å². The van der Waals surface area contributed by atoms with Crippen LogP contribution in [0, 0.1) is 6.92 Å². The highest BCUT2D eigenvalue weighted by molar-refractivity contribution is 6.46. The molecule has 0 saturated carbocycles. The lowest BCUT2D eigenvalue weighted by Gasteiger charge is -2.25. The Kier molecular flexibility index (Phi) is 6.37. The summed E-state index contributed by atoms with van der Waals surface area (Å²) in [6, 6.07) is 14.1. The van der Waals surface area contributed by atoms with Gasteiger partial charge in [-0.3, -0.25) is 9.59 Å². The summed E-state index contributed by atoms with van der Waals surface area (Å²) in [6.45, 7) is 6.85. The van der Waals surface area contributed by atoms with Gasteiger partial charge in [0.25, 0.3) is 11.7 Å². The molecule has 1 amide bonds. The van der Waals surface area contributed by atoms with Crippen molar-refractivity contribution in [2.45, 2.75) is 39.7 Å².